The summed E-state index contributed by atoms with van der Waals surface area (Å²) < 4.78 is 5.14. The highest BCUT2D eigenvalue weighted by Gasteiger charge is 2.39. The minimum atomic E-state index is -1.23. The van der Waals surface area contributed by atoms with Crippen LogP contribution < -0.4 is 0 Å². The Bertz CT molecular complexity index is 601. The summed E-state index contributed by atoms with van der Waals surface area (Å²) in [4.78, 5) is 23.4. The van der Waals surface area contributed by atoms with Crippen molar-refractivity contribution in [3.8, 4) is 0 Å². The molecular formula is C21H29IO4. The van der Waals surface area contributed by atoms with E-state index >= 15 is 0 Å². The zero-order valence-electron chi connectivity index (χ0n) is 15.7. The van der Waals surface area contributed by atoms with E-state index in [-0.39, 0.29) is 11.8 Å². The van der Waals surface area contributed by atoms with Gasteiger partial charge in [-0.2, -0.15) is 0 Å². The van der Waals surface area contributed by atoms with Gasteiger partial charge in [0.2, 0.25) is 0 Å². The molecule has 0 saturated carbocycles. The lowest BCUT2D eigenvalue weighted by atomic mass is 9.92. The molecule has 0 aromatic heterocycles. The van der Waals surface area contributed by atoms with Crippen molar-refractivity contribution < 1.29 is 19.4 Å². The molecule has 26 heavy (non-hydrogen) atoms. The summed E-state index contributed by atoms with van der Waals surface area (Å²) in [5.41, 5.74) is -0.824. The Labute approximate surface area is 170 Å². The minimum absolute atomic E-state index is 0.119. The molecule has 0 bridgehead atoms. The SMILES string of the molecule is CCCCC/C=C\C[C@@]1(O)C=C(I)C(=O)/C1=C/C=C/CCCC(=O)OC. The summed E-state index contributed by atoms with van der Waals surface area (Å²) >= 11 is 1.97. The quantitative estimate of drug-likeness (QED) is 0.152. The Hall–Kier alpha value is -1.21. The number of aliphatic hydroxyl groups is 1. The molecule has 0 radical (unpaired) electrons. The summed E-state index contributed by atoms with van der Waals surface area (Å²) in [5.74, 6) is -0.340. The zero-order chi connectivity index (χ0) is 19.4. The summed E-state index contributed by atoms with van der Waals surface area (Å²) in [6.45, 7) is 2.17. The second-order valence-electron chi connectivity index (χ2n) is 6.39. The number of carbonyl (C=O) groups excluding carboxylic acids is 2. The van der Waals surface area contributed by atoms with E-state index in [1.807, 2.05) is 34.7 Å². The standard InChI is InChI=1S/C21H29IO4/c1-3-4-5-6-9-12-15-21(25)16-18(22)20(24)17(21)13-10-7-8-11-14-19(23)26-2/h7,9-10,12-13,16,25H,3-6,8,11,14-15H2,1-2H3/b10-7+,12-9-,17-13-/t21-/m1/s1. The summed E-state index contributed by atoms with van der Waals surface area (Å²) in [6, 6.07) is 0. The van der Waals surface area contributed by atoms with E-state index in [0.29, 0.717) is 34.8 Å². The van der Waals surface area contributed by atoms with Gasteiger partial charge >= 0.3 is 5.97 Å². The Morgan fingerprint density at radius 2 is 1.96 bits per heavy atom. The molecule has 0 amide bonds. The number of ketones is 1. The smallest absolute Gasteiger partial charge is 0.305 e. The molecule has 4 nitrogen and oxygen atoms in total. The third-order valence-electron chi connectivity index (χ3n) is 4.24. The second-order valence-corrected chi connectivity index (χ2v) is 7.56. The van der Waals surface area contributed by atoms with Crippen molar-refractivity contribution in [3.05, 3.63) is 45.6 Å². The van der Waals surface area contributed by atoms with E-state index < -0.39 is 5.60 Å². The van der Waals surface area contributed by atoms with Crippen molar-refractivity contribution in [2.75, 3.05) is 7.11 Å². The fraction of sp³-hybridized carbons (Fsp3) is 0.524. The summed E-state index contributed by atoms with van der Waals surface area (Å²) in [6.07, 6.45) is 17.8. The molecule has 0 fully saturated rings. The average Bonchev–Trinajstić information content (AvgIpc) is 2.83. The van der Waals surface area contributed by atoms with Crippen molar-refractivity contribution in [2.45, 2.75) is 63.9 Å². The van der Waals surface area contributed by atoms with Crippen LogP contribution in [-0.4, -0.2) is 29.6 Å². The van der Waals surface area contributed by atoms with Gasteiger partial charge in [0.1, 0.15) is 5.60 Å². The van der Waals surface area contributed by atoms with Gasteiger partial charge < -0.3 is 9.84 Å². The number of carbonyl (C=O) groups is 2. The predicted molar refractivity (Wildman–Crippen MR) is 113 cm³/mol. The molecule has 0 saturated heterocycles. The predicted octanol–water partition coefficient (Wildman–Crippen LogP) is 4.97. The molecule has 5 heteroatoms. The summed E-state index contributed by atoms with van der Waals surface area (Å²) in [7, 11) is 1.38. The normalized spacial score (nSPS) is 21.9. The van der Waals surface area contributed by atoms with Gasteiger partial charge in [0.25, 0.3) is 0 Å². The maximum atomic E-state index is 12.3. The van der Waals surface area contributed by atoms with Gasteiger partial charge in [-0.05, 0) is 54.4 Å². The molecule has 0 aromatic carbocycles. The Morgan fingerprint density at radius 1 is 1.23 bits per heavy atom. The number of ether oxygens (including phenoxy) is 1. The van der Waals surface area contributed by atoms with Crippen LogP contribution in [0.4, 0.5) is 0 Å². The highest BCUT2D eigenvalue weighted by Crippen LogP contribution is 2.36. The molecule has 1 N–H and O–H groups in total. The first kappa shape index (κ1) is 22.8. The molecule has 1 aliphatic rings. The number of hydrogen-bond donors (Lipinski definition) is 1. The first-order chi connectivity index (χ1) is 12.4. The number of esters is 1. The van der Waals surface area contributed by atoms with Crippen molar-refractivity contribution in [3.63, 3.8) is 0 Å². The van der Waals surface area contributed by atoms with Crippen LogP contribution in [0.3, 0.4) is 0 Å². The van der Waals surface area contributed by atoms with Crippen molar-refractivity contribution in [1.29, 1.82) is 0 Å². The van der Waals surface area contributed by atoms with E-state index in [9.17, 15) is 14.7 Å². The topological polar surface area (TPSA) is 63.6 Å². The number of methoxy groups -OCH3 is 1. The number of halogens is 1. The van der Waals surface area contributed by atoms with E-state index in [0.717, 1.165) is 12.8 Å². The molecule has 1 aliphatic carbocycles. The molecule has 0 unspecified atom stereocenters. The van der Waals surface area contributed by atoms with Gasteiger partial charge in [-0.1, -0.05) is 50.1 Å². The Kier molecular flexibility index (Phi) is 10.7. The van der Waals surface area contributed by atoms with E-state index in [2.05, 4.69) is 17.7 Å². The van der Waals surface area contributed by atoms with Crippen molar-refractivity contribution in [1.82, 2.24) is 0 Å². The highest BCUT2D eigenvalue weighted by atomic mass is 127. The van der Waals surface area contributed by atoms with Crippen LogP contribution in [0.1, 0.15) is 58.3 Å². The molecule has 0 aliphatic heterocycles. The third-order valence-corrected chi connectivity index (χ3v) is 5.04. The lowest BCUT2D eigenvalue weighted by molar-refractivity contribution is -0.140. The molecule has 0 heterocycles. The Morgan fingerprint density at radius 3 is 2.65 bits per heavy atom. The van der Waals surface area contributed by atoms with Crippen LogP contribution in [-0.2, 0) is 14.3 Å². The number of rotatable bonds is 11. The van der Waals surface area contributed by atoms with Gasteiger partial charge in [0.05, 0.1) is 10.7 Å². The molecule has 1 rings (SSSR count). The molecule has 1 atom stereocenters. The molecule has 0 spiro atoms. The average molecular weight is 472 g/mol. The monoisotopic (exact) mass is 472 g/mol. The maximum Gasteiger partial charge on any atom is 0.305 e. The van der Waals surface area contributed by atoms with Crippen LogP contribution in [0.15, 0.2) is 45.6 Å². The third kappa shape index (κ3) is 7.58. The Balaban J connectivity index is 2.62. The largest absolute Gasteiger partial charge is 0.469 e. The number of unbranched alkanes of at least 4 members (excludes halogenated alkanes) is 4. The van der Waals surface area contributed by atoms with Crippen LogP contribution in [0.25, 0.3) is 0 Å². The van der Waals surface area contributed by atoms with Crippen LogP contribution in [0.2, 0.25) is 0 Å². The zero-order valence-corrected chi connectivity index (χ0v) is 17.8. The van der Waals surface area contributed by atoms with Crippen molar-refractivity contribution in [2.24, 2.45) is 0 Å². The molecule has 144 valence electrons. The van der Waals surface area contributed by atoms with Crippen LogP contribution in [0, 0.1) is 0 Å². The van der Waals surface area contributed by atoms with Gasteiger partial charge in [-0.15, -0.1) is 0 Å². The number of Topliss-reactive ketones (excluding diaryl/α,β-unsaturated/α-hetero) is 1. The van der Waals surface area contributed by atoms with Gasteiger partial charge in [0, 0.05) is 18.4 Å². The van der Waals surface area contributed by atoms with Crippen molar-refractivity contribution >= 4 is 34.3 Å². The fourth-order valence-corrected chi connectivity index (χ4v) is 3.49. The maximum absolute atomic E-state index is 12.3. The molecular weight excluding hydrogens is 443 g/mol. The highest BCUT2D eigenvalue weighted by molar-refractivity contribution is 14.1. The molecule has 0 aromatic rings. The van der Waals surface area contributed by atoms with Gasteiger partial charge in [0.15, 0.2) is 5.78 Å². The second kappa shape index (κ2) is 12.2. The lowest BCUT2D eigenvalue weighted by Gasteiger charge is -2.20. The minimum Gasteiger partial charge on any atom is -0.469 e. The van der Waals surface area contributed by atoms with Crippen LogP contribution >= 0.6 is 22.6 Å². The lowest BCUT2D eigenvalue weighted by Crippen LogP contribution is -2.27. The van der Waals surface area contributed by atoms with Gasteiger partial charge in [-0.3, -0.25) is 9.59 Å². The first-order valence-corrected chi connectivity index (χ1v) is 10.3. The first-order valence-electron chi connectivity index (χ1n) is 9.19. The summed E-state index contributed by atoms with van der Waals surface area (Å²) in [5, 5.41) is 10.9. The fourth-order valence-electron chi connectivity index (χ4n) is 2.69. The number of allylic oxidation sites excluding steroid dienone is 5. The van der Waals surface area contributed by atoms with Gasteiger partial charge in [-0.25, -0.2) is 0 Å². The number of hydrogen-bond acceptors (Lipinski definition) is 4. The van der Waals surface area contributed by atoms with E-state index in [1.54, 1.807) is 18.2 Å². The van der Waals surface area contributed by atoms with E-state index in [4.69, 9.17) is 0 Å². The van der Waals surface area contributed by atoms with Crippen LogP contribution in [0.5, 0.6) is 0 Å². The van der Waals surface area contributed by atoms with E-state index in [1.165, 1.54) is 20.0 Å².